The minimum atomic E-state index is -0.495. The van der Waals surface area contributed by atoms with Crippen LogP contribution in [0.1, 0.15) is 45.4 Å². The first-order valence-electron chi connectivity index (χ1n) is 8.02. The molecule has 0 heterocycles. The van der Waals surface area contributed by atoms with Gasteiger partial charge in [0, 0.05) is 6.08 Å². The zero-order valence-electron chi connectivity index (χ0n) is 12.7. The summed E-state index contributed by atoms with van der Waals surface area (Å²) < 4.78 is 10.7. The van der Waals surface area contributed by atoms with Gasteiger partial charge in [-0.15, -0.1) is 0 Å². The summed E-state index contributed by atoms with van der Waals surface area (Å²) in [4.78, 5) is 23.0. The largest absolute Gasteiger partial charge is 0.462 e. The molecule has 0 aliphatic heterocycles. The molecule has 3 aliphatic carbocycles. The van der Waals surface area contributed by atoms with Crippen molar-refractivity contribution in [2.75, 3.05) is 6.61 Å². The molecule has 2 bridgehead atoms. The molecular formula is C17H24O4. The van der Waals surface area contributed by atoms with E-state index < -0.39 is 5.97 Å². The van der Waals surface area contributed by atoms with Crippen LogP contribution in [0.15, 0.2) is 12.7 Å². The van der Waals surface area contributed by atoms with Crippen LogP contribution in [-0.2, 0) is 19.1 Å². The molecule has 4 nitrogen and oxygen atoms in total. The molecule has 3 saturated carbocycles. The highest BCUT2D eigenvalue weighted by molar-refractivity contribution is 5.81. The number of carbonyl (C=O) groups excluding carboxylic acids is 2. The first-order chi connectivity index (χ1) is 10.0. The number of rotatable bonds is 5. The van der Waals surface area contributed by atoms with Crippen molar-refractivity contribution in [2.45, 2.75) is 51.0 Å². The Balaban J connectivity index is 1.54. The zero-order chi connectivity index (χ0) is 15.0. The Kier molecular flexibility index (Phi) is 3.80. The maximum atomic E-state index is 12.1. The van der Waals surface area contributed by atoms with E-state index in [0.29, 0.717) is 5.92 Å². The van der Waals surface area contributed by atoms with Crippen molar-refractivity contribution in [1.29, 1.82) is 0 Å². The lowest BCUT2D eigenvalue weighted by Gasteiger charge is -2.42. The van der Waals surface area contributed by atoms with Crippen LogP contribution in [0.2, 0.25) is 0 Å². The highest BCUT2D eigenvalue weighted by atomic mass is 16.6. The van der Waals surface area contributed by atoms with E-state index in [1.807, 2.05) is 0 Å². The predicted octanol–water partition coefficient (Wildman–Crippen LogP) is 2.86. The van der Waals surface area contributed by atoms with E-state index in [1.165, 1.54) is 12.8 Å². The van der Waals surface area contributed by atoms with Gasteiger partial charge in [-0.3, -0.25) is 4.79 Å². The first kappa shape index (κ1) is 14.6. The Morgan fingerprint density at radius 2 is 2.05 bits per heavy atom. The average molecular weight is 292 g/mol. The van der Waals surface area contributed by atoms with E-state index >= 15 is 0 Å². The third-order valence-electron chi connectivity index (χ3n) is 5.53. The summed E-state index contributed by atoms with van der Waals surface area (Å²) in [5.74, 6) is 2.31. The molecule has 4 unspecified atom stereocenters. The molecule has 0 amide bonds. The second kappa shape index (κ2) is 5.47. The summed E-state index contributed by atoms with van der Waals surface area (Å²) in [6, 6.07) is 0. The van der Waals surface area contributed by atoms with Gasteiger partial charge < -0.3 is 9.47 Å². The van der Waals surface area contributed by atoms with Gasteiger partial charge in [-0.05, 0) is 55.8 Å². The molecule has 0 saturated heterocycles. The molecule has 0 aromatic carbocycles. The van der Waals surface area contributed by atoms with Crippen molar-refractivity contribution in [1.82, 2.24) is 0 Å². The number of carbonyl (C=O) groups is 2. The molecule has 116 valence electrons. The fourth-order valence-electron chi connectivity index (χ4n) is 4.87. The second-order valence-electron chi connectivity index (χ2n) is 7.15. The molecule has 3 rings (SSSR count). The van der Waals surface area contributed by atoms with Gasteiger partial charge >= 0.3 is 11.9 Å². The van der Waals surface area contributed by atoms with Gasteiger partial charge in [0.1, 0.15) is 12.2 Å². The van der Waals surface area contributed by atoms with Gasteiger partial charge in [-0.1, -0.05) is 13.5 Å². The van der Waals surface area contributed by atoms with Crippen molar-refractivity contribution in [2.24, 2.45) is 23.7 Å². The Labute approximate surface area is 125 Å². The topological polar surface area (TPSA) is 52.6 Å². The van der Waals surface area contributed by atoms with Crippen molar-refractivity contribution in [3.8, 4) is 0 Å². The number of fused-ring (bicyclic) bond motifs is 1. The fraction of sp³-hybridized carbons (Fsp3) is 0.765. The van der Waals surface area contributed by atoms with E-state index in [4.69, 9.17) is 9.47 Å². The van der Waals surface area contributed by atoms with Crippen molar-refractivity contribution < 1.29 is 19.1 Å². The Morgan fingerprint density at radius 3 is 2.81 bits per heavy atom. The third kappa shape index (κ3) is 2.85. The molecule has 3 aliphatic rings. The molecule has 0 N–H and O–H groups in total. The van der Waals surface area contributed by atoms with Crippen LogP contribution in [0.5, 0.6) is 0 Å². The maximum Gasteiger partial charge on any atom is 0.330 e. The quantitative estimate of drug-likeness (QED) is 0.577. The van der Waals surface area contributed by atoms with E-state index in [-0.39, 0.29) is 24.6 Å². The van der Waals surface area contributed by atoms with Gasteiger partial charge in [-0.2, -0.15) is 0 Å². The van der Waals surface area contributed by atoms with Gasteiger partial charge in [0.15, 0.2) is 0 Å². The van der Waals surface area contributed by atoms with Crippen LogP contribution in [0.25, 0.3) is 0 Å². The molecule has 3 fully saturated rings. The highest BCUT2D eigenvalue weighted by Crippen LogP contribution is 2.62. The molecule has 0 aromatic heterocycles. The SMILES string of the molecule is C=CC(=O)OCCC(=O)O[C@@]12CC(C)CC3CC(C1)C3C2. The van der Waals surface area contributed by atoms with Crippen molar-refractivity contribution in [3.63, 3.8) is 0 Å². The standard InChI is InChI=1S/C17H24O4/c1-3-15(18)20-5-4-16(19)21-17-8-11(2)6-12-7-13(9-17)14(12)10-17/h3,11-14H,1,4-10H2,2H3/t11?,12?,13?,14?,17-/m0/s1. The normalized spacial score (nSPS) is 39.9. The van der Waals surface area contributed by atoms with Crippen LogP contribution in [0, 0.1) is 23.7 Å². The zero-order valence-corrected chi connectivity index (χ0v) is 12.7. The van der Waals surface area contributed by atoms with Gasteiger partial charge in [0.25, 0.3) is 0 Å². The summed E-state index contributed by atoms with van der Waals surface area (Å²) in [5.41, 5.74) is -0.237. The smallest absolute Gasteiger partial charge is 0.330 e. The molecular weight excluding hydrogens is 268 g/mol. The lowest BCUT2D eigenvalue weighted by molar-refractivity contribution is -0.163. The number of esters is 2. The summed E-state index contributed by atoms with van der Waals surface area (Å²) in [6.45, 7) is 5.67. The lowest BCUT2D eigenvalue weighted by atomic mass is 9.63. The average Bonchev–Trinajstić information content (AvgIpc) is 2.62. The minimum absolute atomic E-state index is 0.0742. The van der Waals surface area contributed by atoms with Crippen LogP contribution in [-0.4, -0.2) is 24.1 Å². The van der Waals surface area contributed by atoms with Gasteiger partial charge in [-0.25, -0.2) is 4.79 Å². The highest BCUT2D eigenvalue weighted by Gasteiger charge is 2.58. The van der Waals surface area contributed by atoms with Crippen LogP contribution >= 0.6 is 0 Å². The molecule has 0 spiro atoms. The molecule has 4 heteroatoms. The number of hydrogen-bond acceptors (Lipinski definition) is 4. The first-order valence-corrected chi connectivity index (χ1v) is 8.02. The van der Waals surface area contributed by atoms with E-state index in [2.05, 4.69) is 13.5 Å². The summed E-state index contributed by atoms with van der Waals surface area (Å²) >= 11 is 0. The summed E-state index contributed by atoms with van der Waals surface area (Å²) in [5, 5.41) is 0. The van der Waals surface area contributed by atoms with Crippen molar-refractivity contribution >= 4 is 11.9 Å². The van der Waals surface area contributed by atoms with Crippen molar-refractivity contribution in [3.05, 3.63) is 12.7 Å². The van der Waals surface area contributed by atoms with E-state index in [1.54, 1.807) is 0 Å². The monoisotopic (exact) mass is 292 g/mol. The Bertz CT molecular complexity index is 454. The minimum Gasteiger partial charge on any atom is -0.462 e. The molecule has 0 radical (unpaired) electrons. The lowest BCUT2D eigenvalue weighted by Crippen LogP contribution is -2.36. The Hall–Kier alpha value is -1.32. The van der Waals surface area contributed by atoms with Crippen LogP contribution in [0.4, 0.5) is 0 Å². The van der Waals surface area contributed by atoms with Gasteiger partial charge in [0.05, 0.1) is 6.42 Å². The molecule has 0 aromatic rings. The van der Waals surface area contributed by atoms with Crippen LogP contribution < -0.4 is 0 Å². The second-order valence-corrected chi connectivity index (χ2v) is 7.15. The predicted molar refractivity (Wildman–Crippen MR) is 77.3 cm³/mol. The third-order valence-corrected chi connectivity index (χ3v) is 5.53. The summed E-state index contributed by atoms with van der Waals surface area (Å²) in [7, 11) is 0. The van der Waals surface area contributed by atoms with E-state index in [0.717, 1.165) is 43.1 Å². The maximum absolute atomic E-state index is 12.1. The Morgan fingerprint density at radius 1 is 1.24 bits per heavy atom. The molecule has 5 atom stereocenters. The molecule has 21 heavy (non-hydrogen) atoms. The fourth-order valence-corrected chi connectivity index (χ4v) is 4.87. The van der Waals surface area contributed by atoms with Gasteiger partial charge in [0.2, 0.25) is 0 Å². The number of hydrogen-bond donors (Lipinski definition) is 0. The summed E-state index contributed by atoms with van der Waals surface area (Å²) in [6.07, 6.45) is 6.93. The number of ether oxygens (including phenoxy) is 2. The van der Waals surface area contributed by atoms with E-state index in [9.17, 15) is 9.59 Å². The van der Waals surface area contributed by atoms with Crippen LogP contribution in [0.3, 0.4) is 0 Å².